The van der Waals surface area contributed by atoms with Gasteiger partial charge in [-0.05, 0) is 25.7 Å². The first kappa shape index (κ1) is 15.4. The average molecular weight is 230 g/mol. The molecule has 1 unspecified atom stereocenters. The highest BCUT2D eigenvalue weighted by molar-refractivity contribution is 5.74. The molecule has 0 radical (unpaired) electrons. The van der Waals surface area contributed by atoms with Crippen LogP contribution in [0.25, 0.3) is 0 Å². The third kappa shape index (κ3) is 4.97. The van der Waals surface area contributed by atoms with Crippen LogP contribution in [0.1, 0.15) is 59.3 Å². The van der Waals surface area contributed by atoms with Crippen LogP contribution in [0.3, 0.4) is 0 Å². The average Bonchev–Trinajstić information content (AvgIpc) is 2.28. The van der Waals surface area contributed by atoms with Crippen LogP contribution in [-0.4, -0.2) is 24.3 Å². The molecule has 0 amide bonds. The van der Waals surface area contributed by atoms with Gasteiger partial charge in [-0.2, -0.15) is 0 Å². The largest absolute Gasteiger partial charge is 0.481 e. The van der Waals surface area contributed by atoms with E-state index in [1.54, 1.807) is 0 Å². The summed E-state index contributed by atoms with van der Waals surface area (Å²) in [6.07, 6.45) is 5.11. The predicted molar refractivity (Wildman–Crippen MR) is 65.6 cm³/mol. The van der Waals surface area contributed by atoms with Gasteiger partial charge in [0.2, 0.25) is 0 Å². The fourth-order valence-electron chi connectivity index (χ4n) is 1.87. The highest BCUT2D eigenvalue weighted by atomic mass is 16.5. The van der Waals surface area contributed by atoms with Crippen molar-refractivity contribution in [2.24, 2.45) is 5.41 Å². The van der Waals surface area contributed by atoms with Gasteiger partial charge in [0.25, 0.3) is 0 Å². The summed E-state index contributed by atoms with van der Waals surface area (Å²) in [6.45, 7) is 7.41. The van der Waals surface area contributed by atoms with E-state index >= 15 is 0 Å². The molecule has 0 heterocycles. The zero-order chi connectivity index (χ0) is 12.4. The molecule has 0 aromatic heterocycles. The van der Waals surface area contributed by atoms with Crippen molar-refractivity contribution >= 4 is 5.97 Å². The van der Waals surface area contributed by atoms with E-state index in [-0.39, 0.29) is 0 Å². The Balaban J connectivity index is 4.22. The summed E-state index contributed by atoms with van der Waals surface area (Å²) < 4.78 is 5.41. The van der Waals surface area contributed by atoms with Gasteiger partial charge in [0, 0.05) is 13.2 Å². The van der Waals surface area contributed by atoms with E-state index in [9.17, 15) is 9.90 Å². The van der Waals surface area contributed by atoms with Crippen molar-refractivity contribution in [3.8, 4) is 0 Å². The van der Waals surface area contributed by atoms with Crippen molar-refractivity contribution in [2.75, 3.05) is 13.2 Å². The molecule has 0 bridgehead atoms. The topological polar surface area (TPSA) is 46.5 Å². The fraction of sp³-hybridized carbons (Fsp3) is 0.923. The van der Waals surface area contributed by atoms with Gasteiger partial charge in [-0.15, -0.1) is 0 Å². The second-order valence-corrected chi connectivity index (χ2v) is 4.40. The molecule has 0 rings (SSSR count). The molecule has 0 aromatic carbocycles. The van der Waals surface area contributed by atoms with E-state index in [1.165, 1.54) is 0 Å². The number of carboxylic acids is 1. The minimum Gasteiger partial charge on any atom is -0.481 e. The van der Waals surface area contributed by atoms with E-state index < -0.39 is 11.4 Å². The Morgan fingerprint density at radius 3 is 2.25 bits per heavy atom. The normalized spacial score (nSPS) is 14.7. The Bertz CT molecular complexity index is 192. The molecule has 1 atom stereocenters. The van der Waals surface area contributed by atoms with Crippen LogP contribution in [-0.2, 0) is 9.53 Å². The van der Waals surface area contributed by atoms with Crippen LogP contribution in [0.15, 0.2) is 0 Å². The summed E-state index contributed by atoms with van der Waals surface area (Å²) in [5.41, 5.74) is -0.566. The maximum Gasteiger partial charge on any atom is 0.309 e. The molecule has 0 aliphatic carbocycles. The highest BCUT2D eigenvalue weighted by Gasteiger charge is 2.35. The van der Waals surface area contributed by atoms with Gasteiger partial charge in [0.05, 0.1) is 5.41 Å². The Hall–Kier alpha value is -0.570. The summed E-state index contributed by atoms with van der Waals surface area (Å²) in [5.74, 6) is -0.663. The third-order valence-electron chi connectivity index (χ3n) is 3.21. The molecule has 3 nitrogen and oxygen atoms in total. The quantitative estimate of drug-likeness (QED) is 0.584. The Morgan fingerprint density at radius 1 is 1.12 bits per heavy atom. The number of hydrogen-bond acceptors (Lipinski definition) is 2. The van der Waals surface area contributed by atoms with Gasteiger partial charge < -0.3 is 9.84 Å². The summed E-state index contributed by atoms with van der Waals surface area (Å²) in [4.78, 5) is 11.4. The molecular formula is C13H26O3. The molecule has 16 heavy (non-hydrogen) atoms. The second kappa shape index (κ2) is 8.57. The summed E-state index contributed by atoms with van der Waals surface area (Å²) in [5, 5.41) is 9.35. The zero-order valence-corrected chi connectivity index (χ0v) is 10.9. The fourth-order valence-corrected chi connectivity index (χ4v) is 1.87. The smallest absolute Gasteiger partial charge is 0.309 e. The lowest BCUT2D eigenvalue weighted by Gasteiger charge is -2.28. The van der Waals surface area contributed by atoms with E-state index in [0.717, 1.165) is 32.3 Å². The highest BCUT2D eigenvalue weighted by Crippen LogP contribution is 2.33. The lowest BCUT2D eigenvalue weighted by atomic mass is 9.77. The first-order chi connectivity index (χ1) is 7.63. The Kier molecular flexibility index (Phi) is 8.26. The standard InChI is InChI=1S/C13H26O3/c1-4-7-8-13(6-3,12(14)15)9-11-16-10-5-2/h4-11H2,1-3H3,(H,14,15). The van der Waals surface area contributed by atoms with Gasteiger partial charge in [-0.1, -0.05) is 33.6 Å². The van der Waals surface area contributed by atoms with Crippen molar-refractivity contribution in [1.82, 2.24) is 0 Å². The maximum atomic E-state index is 11.4. The van der Waals surface area contributed by atoms with E-state index in [4.69, 9.17) is 4.74 Å². The van der Waals surface area contributed by atoms with E-state index in [0.29, 0.717) is 19.4 Å². The van der Waals surface area contributed by atoms with Crippen molar-refractivity contribution in [3.63, 3.8) is 0 Å². The molecule has 1 N–H and O–H groups in total. The zero-order valence-electron chi connectivity index (χ0n) is 10.9. The van der Waals surface area contributed by atoms with E-state index in [2.05, 4.69) is 13.8 Å². The van der Waals surface area contributed by atoms with Crippen LogP contribution in [0.4, 0.5) is 0 Å². The van der Waals surface area contributed by atoms with E-state index in [1.807, 2.05) is 6.92 Å². The molecule has 0 aromatic rings. The van der Waals surface area contributed by atoms with Crippen molar-refractivity contribution in [2.45, 2.75) is 59.3 Å². The minimum atomic E-state index is -0.663. The lowest BCUT2D eigenvalue weighted by molar-refractivity contribution is -0.151. The molecular weight excluding hydrogens is 204 g/mol. The number of hydrogen-bond donors (Lipinski definition) is 1. The number of ether oxygens (including phenoxy) is 1. The van der Waals surface area contributed by atoms with Crippen LogP contribution in [0, 0.1) is 5.41 Å². The SMILES string of the molecule is CCCCC(CC)(CCOCCC)C(=O)O. The molecule has 0 aliphatic heterocycles. The van der Waals surface area contributed by atoms with Crippen LogP contribution < -0.4 is 0 Å². The number of unbranched alkanes of at least 4 members (excludes halogenated alkanes) is 1. The Morgan fingerprint density at radius 2 is 1.81 bits per heavy atom. The number of carboxylic acid groups (broad SMARTS) is 1. The molecule has 0 spiro atoms. The van der Waals surface area contributed by atoms with Crippen LogP contribution in [0.5, 0.6) is 0 Å². The summed E-state index contributed by atoms with van der Waals surface area (Å²) in [6, 6.07) is 0. The van der Waals surface area contributed by atoms with Crippen molar-refractivity contribution in [1.29, 1.82) is 0 Å². The van der Waals surface area contributed by atoms with Gasteiger partial charge >= 0.3 is 5.97 Å². The monoisotopic (exact) mass is 230 g/mol. The van der Waals surface area contributed by atoms with Gasteiger partial charge in [-0.3, -0.25) is 4.79 Å². The predicted octanol–water partition coefficient (Wildman–Crippen LogP) is 3.47. The van der Waals surface area contributed by atoms with Crippen LogP contribution >= 0.6 is 0 Å². The lowest BCUT2D eigenvalue weighted by Crippen LogP contribution is -2.32. The Labute approximate surface area is 99.2 Å². The first-order valence-corrected chi connectivity index (χ1v) is 6.44. The van der Waals surface area contributed by atoms with Crippen molar-refractivity contribution in [3.05, 3.63) is 0 Å². The summed E-state index contributed by atoms with van der Waals surface area (Å²) in [7, 11) is 0. The van der Waals surface area contributed by atoms with Crippen molar-refractivity contribution < 1.29 is 14.6 Å². The molecule has 0 saturated heterocycles. The molecule has 3 heteroatoms. The molecule has 0 aliphatic rings. The minimum absolute atomic E-state index is 0.566. The van der Waals surface area contributed by atoms with Gasteiger partial charge in [0.1, 0.15) is 0 Å². The third-order valence-corrected chi connectivity index (χ3v) is 3.21. The van der Waals surface area contributed by atoms with Gasteiger partial charge in [-0.25, -0.2) is 0 Å². The number of rotatable bonds is 10. The molecule has 0 fully saturated rings. The van der Waals surface area contributed by atoms with Crippen LogP contribution in [0.2, 0.25) is 0 Å². The second-order valence-electron chi connectivity index (χ2n) is 4.40. The molecule has 0 saturated carbocycles. The summed E-state index contributed by atoms with van der Waals surface area (Å²) >= 11 is 0. The number of aliphatic carboxylic acids is 1. The molecule has 96 valence electrons. The van der Waals surface area contributed by atoms with Gasteiger partial charge in [0.15, 0.2) is 0 Å². The maximum absolute atomic E-state index is 11.4. The first-order valence-electron chi connectivity index (χ1n) is 6.44. The number of carbonyl (C=O) groups is 1.